The lowest BCUT2D eigenvalue weighted by molar-refractivity contribution is 0.577. The number of nitrogens with one attached hydrogen (secondary N) is 1. The van der Waals surface area contributed by atoms with Gasteiger partial charge in [0, 0.05) is 16.1 Å². The van der Waals surface area contributed by atoms with Gasteiger partial charge >= 0.3 is 0 Å². The summed E-state index contributed by atoms with van der Waals surface area (Å²) in [5, 5.41) is 4.64. The molecule has 0 aliphatic carbocycles. The highest BCUT2D eigenvalue weighted by Crippen LogP contribution is 2.29. The highest BCUT2D eigenvalue weighted by atomic mass is 35.5. The first-order valence-electron chi connectivity index (χ1n) is 6.37. The van der Waals surface area contributed by atoms with Crippen molar-refractivity contribution in [1.29, 1.82) is 0 Å². The Hall–Kier alpha value is -1.02. The maximum Gasteiger partial charge on any atom is 0.0426 e. The van der Waals surface area contributed by atoms with E-state index >= 15 is 0 Å². The summed E-state index contributed by atoms with van der Waals surface area (Å²) < 4.78 is 0. The summed E-state index contributed by atoms with van der Waals surface area (Å²) >= 11 is 12.1. The number of benzene rings is 2. The van der Waals surface area contributed by atoms with E-state index in [1.807, 2.05) is 19.2 Å². The average Bonchev–Trinajstić information content (AvgIpc) is 2.39. The molecule has 3 heteroatoms. The van der Waals surface area contributed by atoms with Gasteiger partial charge in [-0.15, -0.1) is 0 Å². The summed E-state index contributed by atoms with van der Waals surface area (Å²) in [6.45, 7) is 2.17. The van der Waals surface area contributed by atoms with E-state index in [1.165, 1.54) is 5.56 Å². The lowest BCUT2D eigenvalue weighted by Crippen LogP contribution is -2.15. The van der Waals surface area contributed by atoms with Crippen molar-refractivity contribution in [1.82, 2.24) is 5.32 Å². The summed E-state index contributed by atoms with van der Waals surface area (Å²) in [6, 6.07) is 14.5. The SMILES string of the molecule is CCC(NC)c1cccc(-c2cc(Cl)cc(Cl)c2)c1. The van der Waals surface area contributed by atoms with Gasteiger partial charge in [-0.2, -0.15) is 0 Å². The molecule has 0 bridgehead atoms. The summed E-state index contributed by atoms with van der Waals surface area (Å²) in [4.78, 5) is 0. The fraction of sp³-hybridized carbons (Fsp3) is 0.250. The van der Waals surface area contributed by atoms with Gasteiger partial charge in [-0.05, 0) is 54.4 Å². The monoisotopic (exact) mass is 293 g/mol. The number of rotatable bonds is 4. The highest BCUT2D eigenvalue weighted by molar-refractivity contribution is 6.35. The van der Waals surface area contributed by atoms with Crippen LogP contribution in [0.5, 0.6) is 0 Å². The second-order valence-electron chi connectivity index (χ2n) is 4.53. The average molecular weight is 294 g/mol. The molecule has 2 aromatic carbocycles. The van der Waals surface area contributed by atoms with Gasteiger partial charge in [-0.25, -0.2) is 0 Å². The van der Waals surface area contributed by atoms with Crippen LogP contribution in [0.1, 0.15) is 24.9 Å². The molecule has 2 aromatic rings. The molecule has 0 saturated carbocycles. The molecule has 0 saturated heterocycles. The smallest absolute Gasteiger partial charge is 0.0426 e. The maximum absolute atomic E-state index is 6.06. The van der Waals surface area contributed by atoms with Gasteiger partial charge in [0.05, 0.1) is 0 Å². The van der Waals surface area contributed by atoms with Crippen LogP contribution in [0.2, 0.25) is 10.0 Å². The second kappa shape index (κ2) is 6.42. The molecule has 1 unspecified atom stereocenters. The van der Waals surface area contributed by atoms with Gasteiger partial charge in [0.15, 0.2) is 0 Å². The molecule has 0 spiro atoms. The van der Waals surface area contributed by atoms with E-state index in [-0.39, 0.29) is 0 Å². The molecule has 0 aliphatic rings. The summed E-state index contributed by atoms with van der Waals surface area (Å²) in [7, 11) is 1.98. The van der Waals surface area contributed by atoms with Gasteiger partial charge in [-0.3, -0.25) is 0 Å². The minimum Gasteiger partial charge on any atom is -0.313 e. The Balaban J connectivity index is 2.42. The van der Waals surface area contributed by atoms with Gasteiger partial charge in [0.1, 0.15) is 0 Å². The molecule has 1 N–H and O–H groups in total. The fourth-order valence-electron chi connectivity index (χ4n) is 2.26. The molecule has 0 amide bonds. The van der Waals surface area contributed by atoms with E-state index in [2.05, 4.69) is 36.5 Å². The molecule has 100 valence electrons. The lowest BCUT2D eigenvalue weighted by Gasteiger charge is -2.15. The minimum atomic E-state index is 0.370. The van der Waals surface area contributed by atoms with Gasteiger partial charge < -0.3 is 5.32 Å². The van der Waals surface area contributed by atoms with Gasteiger partial charge in [0.2, 0.25) is 0 Å². The Morgan fingerprint density at radius 3 is 2.26 bits per heavy atom. The first-order chi connectivity index (χ1) is 9.13. The van der Waals surface area contributed by atoms with Crippen LogP contribution in [0.3, 0.4) is 0 Å². The van der Waals surface area contributed by atoms with Crippen molar-refractivity contribution >= 4 is 23.2 Å². The Morgan fingerprint density at radius 2 is 1.68 bits per heavy atom. The van der Waals surface area contributed by atoms with Crippen LogP contribution in [0.25, 0.3) is 11.1 Å². The molecule has 2 rings (SSSR count). The van der Waals surface area contributed by atoms with E-state index in [4.69, 9.17) is 23.2 Å². The number of hydrogen-bond donors (Lipinski definition) is 1. The van der Waals surface area contributed by atoms with Crippen molar-refractivity contribution in [3.05, 3.63) is 58.1 Å². The predicted octanol–water partition coefficient (Wildman–Crippen LogP) is 5.33. The third kappa shape index (κ3) is 3.50. The summed E-state index contributed by atoms with van der Waals surface area (Å²) in [5.74, 6) is 0. The van der Waals surface area contributed by atoms with E-state index in [0.717, 1.165) is 17.5 Å². The fourth-order valence-corrected chi connectivity index (χ4v) is 2.79. The Kier molecular flexibility index (Phi) is 4.87. The molecule has 0 fully saturated rings. The standard InChI is InChI=1S/C16H17Cl2N/c1-3-16(19-2)12-6-4-5-11(7-12)13-8-14(17)10-15(18)9-13/h4-10,16,19H,3H2,1-2H3. The quantitative estimate of drug-likeness (QED) is 0.803. The predicted molar refractivity (Wildman–Crippen MR) is 84.0 cm³/mol. The Bertz CT molecular complexity index is 542. The maximum atomic E-state index is 6.06. The Morgan fingerprint density at radius 1 is 1.00 bits per heavy atom. The molecule has 0 aromatic heterocycles. The topological polar surface area (TPSA) is 12.0 Å². The molecule has 1 atom stereocenters. The van der Waals surface area contributed by atoms with Crippen molar-refractivity contribution in [2.45, 2.75) is 19.4 Å². The van der Waals surface area contributed by atoms with Crippen molar-refractivity contribution in [3.63, 3.8) is 0 Å². The van der Waals surface area contributed by atoms with Crippen LogP contribution in [0, 0.1) is 0 Å². The van der Waals surface area contributed by atoms with Crippen LogP contribution in [-0.4, -0.2) is 7.05 Å². The molecule has 0 radical (unpaired) electrons. The minimum absolute atomic E-state index is 0.370. The van der Waals surface area contributed by atoms with Crippen LogP contribution < -0.4 is 5.32 Å². The van der Waals surface area contributed by atoms with Crippen molar-refractivity contribution in [2.24, 2.45) is 0 Å². The molecule has 19 heavy (non-hydrogen) atoms. The first kappa shape index (κ1) is 14.4. The van der Waals surface area contributed by atoms with Crippen molar-refractivity contribution in [2.75, 3.05) is 7.05 Å². The molecular weight excluding hydrogens is 277 g/mol. The third-order valence-electron chi connectivity index (χ3n) is 3.24. The molecular formula is C16H17Cl2N. The van der Waals surface area contributed by atoms with Crippen LogP contribution >= 0.6 is 23.2 Å². The zero-order chi connectivity index (χ0) is 13.8. The molecule has 0 heterocycles. The molecule has 0 aliphatic heterocycles. The van der Waals surface area contributed by atoms with E-state index in [9.17, 15) is 0 Å². The van der Waals surface area contributed by atoms with Crippen LogP contribution in [0.15, 0.2) is 42.5 Å². The summed E-state index contributed by atoms with van der Waals surface area (Å²) in [6.07, 6.45) is 1.05. The third-order valence-corrected chi connectivity index (χ3v) is 3.68. The molecule has 1 nitrogen and oxygen atoms in total. The van der Waals surface area contributed by atoms with E-state index < -0.39 is 0 Å². The zero-order valence-electron chi connectivity index (χ0n) is 11.1. The number of halogens is 2. The number of hydrogen-bond acceptors (Lipinski definition) is 1. The first-order valence-corrected chi connectivity index (χ1v) is 7.13. The second-order valence-corrected chi connectivity index (χ2v) is 5.41. The largest absolute Gasteiger partial charge is 0.313 e. The van der Waals surface area contributed by atoms with Crippen molar-refractivity contribution in [3.8, 4) is 11.1 Å². The van der Waals surface area contributed by atoms with Gasteiger partial charge in [0.25, 0.3) is 0 Å². The zero-order valence-corrected chi connectivity index (χ0v) is 12.6. The Labute approximate surface area is 124 Å². The normalized spacial score (nSPS) is 12.4. The highest BCUT2D eigenvalue weighted by Gasteiger charge is 2.08. The lowest BCUT2D eigenvalue weighted by atomic mass is 9.98. The van der Waals surface area contributed by atoms with E-state index in [1.54, 1.807) is 6.07 Å². The summed E-state index contributed by atoms with van der Waals surface area (Å²) in [5.41, 5.74) is 3.46. The van der Waals surface area contributed by atoms with Gasteiger partial charge in [-0.1, -0.05) is 48.3 Å². The van der Waals surface area contributed by atoms with Crippen molar-refractivity contribution < 1.29 is 0 Å². The van der Waals surface area contributed by atoms with Crippen LogP contribution in [-0.2, 0) is 0 Å². The van der Waals surface area contributed by atoms with E-state index in [0.29, 0.717) is 16.1 Å². The van der Waals surface area contributed by atoms with Crippen LogP contribution in [0.4, 0.5) is 0 Å².